The molecule has 2 heteroatoms. The summed E-state index contributed by atoms with van der Waals surface area (Å²) in [5.41, 5.74) is 4.94. The molecule has 0 saturated carbocycles. The van der Waals surface area contributed by atoms with E-state index in [4.69, 9.17) is 12.3 Å². The van der Waals surface area contributed by atoms with Crippen molar-refractivity contribution in [3.8, 4) is 11.1 Å². The highest BCUT2D eigenvalue weighted by atomic mass is 16.3. The van der Waals surface area contributed by atoms with E-state index in [1.165, 1.54) is 5.56 Å². The molecule has 0 aliphatic heterocycles. The molecule has 0 N–H and O–H groups in total. The van der Waals surface area contributed by atoms with Crippen LogP contribution in [0.5, 0.6) is 0 Å². The lowest BCUT2D eigenvalue weighted by Crippen LogP contribution is -1.99. The topological polar surface area (TPSA) is 13.1 Å². The summed E-state index contributed by atoms with van der Waals surface area (Å²) in [6.45, 7) is 0. The number of fused-ring (bicyclic) bond motifs is 3. The zero-order chi connectivity index (χ0) is 13.5. The Morgan fingerprint density at radius 1 is 0.700 bits per heavy atom. The van der Waals surface area contributed by atoms with Crippen LogP contribution in [0.15, 0.2) is 71.1 Å². The van der Waals surface area contributed by atoms with Crippen LogP contribution >= 0.6 is 0 Å². The van der Waals surface area contributed by atoms with Crippen molar-refractivity contribution in [3.05, 3.63) is 66.7 Å². The van der Waals surface area contributed by atoms with E-state index in [1.807, 2.05) is 54.6 Å². The van der Waals surface area contributed by atoms with Gasteiger partial charge in [-0.3, -0.25) is 0 Å². The lowest BCUT2D eigenvalue weighted by molar-refractivity contribution is 0.669. The lowest BCUT2D eigenvalue weighted by atomic mass is 9.92. The molecule has 4 rings (SSSR count). The minimum Gasteiger partial charge on any atom is -0.456 e. The Kier molecular flexibility index (Phi) is 2.43. The standard InChI is InChI=1S/C18H11BO/c19-13-10-8-12(9-11-13)14-5-3-7-17-18(14)15-4-1-2-6-16(15)20-17/h1-11H. The van der Waals surface area contributed by atoms with Crippen molar-refractivity contribution in [1.82, 2.24) is 0 Å². The zero-order valence-corrected chi connectivity index (χ0v) is 10.8. The second-order valence-corrected chi connectivity index (χ2v) is 4.90. The van der Waals surface area contributed by atoms with Crippen LogP contribution in [-0.4, -0.2) is 7.85 Å². The molecule has 0 saturated heterocycles. The fourth-order valence-corrected chi connectivity index (χ4v) is 2.68. The van der Waals surface area contributed by atoms with Gasteiger partial charge in [0.2, 0.25) is 0 Å². The molecule has 0 unspecified atom stereocenters. The molecular formula is C18H11BO. The number of hydrogen-bond donors (Lipinski definition) is 0. The molecule has 0 aliphatic carbocycles. The van der Waals surface area contributed by atoms with Gasteiger partial charge in [-0.15, -0.1) is 0 Å². The van der Waals surface area contributed by atoms with E-state index < -0.39 is 0 Å². The highest BCUT2D eigenvalue weighted by Gasteiger charge is 2.11. The van der Waals surface area contributed by atoms with Gasteiger partial charge in [-0.1, -0.05) is 60.1 Å². The summed E-state index contributed by atoms with van der Waals surface area (Å²) in [5.74, 6) is 0. The maximum Gasteiger partial charge on any atom is 0.136 e. The van der Waals surface area contributed by atoms with Gasteiger partial charge in [0.1, 0.15) is 19.0 Å². The molecular weight excluding hydrogens is 243 g/mol. The summed E-state index contributed by atoms with van der Waals surface area (Å²) >= 11 is 0. The maximum absolute atomic E-state index is 5.91. The van der Waals surface area contributed by atoms with Crippen LogP contribution in [0.4, 0.5) is 0 Å². The normalized spacial score (nSPS) is 11.2. The number of hydrogen-bond acceptors (Lipinski definition) is 1. The highest BCUT2D eigenvalue weighted by Crippen LogP contribution is 2.35. The van der Waals surface area contributed by atoms with E-state index >= 15 is 0 Å². The second-order valence-electron chi connectivity index (χ2n) is 4.90. The first kappa shape index (κ1) is 11.4. The van der Waals surface area contributed by atoms with Gasteiger partial charge in [0.25, 0.3) is 0 Å². The summed E-state index contributed by atoms with van der Waals surface area (Å²) in [7, 11) is 5.77. The SMILES string of the molecule is [B]c1ccc(-c2cccc3oc4ccccc4c23)cc1. The van der Waals surface area contributed by atoms with Crippen molar-refractivity contribution in [3.63, 3.8) is 0 Å². The fourth-order valence-electron chi connectivity index (χ4n) is 2.68. The Labute approximate surface area is 118 Å². The van der Waals surface area contributed by atoms with Crippen LogP contribution in [0.3, 0.4) is 0 Å². The third kappa shape index (κ3) is 1.65. The third-order valence-electron chi connectivity index (χ3n) is 3.62. The fraction of sp³-hybridized carbons (Fsp3) is 0. The molecule has 3 aromatic carbocycles. The predicted octanol–water partition coefficient (Wildman–Crippen LogP) is 4.05. The molecule has 4 aromatic rings. The van der Waals surface area contributed by atoms with Gasteiger partial charge in [-0.25, -0.2) is 0 Å². The molecule has 0 amide bonds. The number of furan rings is 1. The quantitative estimate of drug-likeness (QED) is 0.467. The van der Waals surface area contributed by atoms with Gasteiger partial charge in [-0.2, -0.15) is 0 Å². The molecule has 92 valence electrons. The summed E-state index contributed by atoms with van der Waals surface area (Å²) in [5, 5.41) is 2.31. The van der Waals surface area contributed by atoms with Crippen LogP contribution in [0.25, 0.3) is 33.1 Å². The average Bonchev–Trinajstić information content (AvgIpc) is 2.86. The number of para-hydroxylation sites is 1. The van der Waals surface area contributed by atoms with E-state index in [2.05, 4.69) is 12.1 Å². The van der Waals surface area contributed by atoms with Gasteiger partial charge in [-0.05, 0) is 23.3 Å². The van der Waals surface area contributed by atoms with Gasteiger partial charge in [0.05, 0.1) is 0 Å². The summed E-state index contributed by atoms with van der Waals surface area (Å²) in [6.07, 6.45) is 0. The Balaban J connectivity index is 2.11. The van der Waals surface area contributed by atoms with Crippen molar-refractivity contribution in [2.45, 2.75) is 0 Å². The van der Waals surface area contributed by atoms with E-state index in [-0.39, 0.29) is 0 Å². The minimum atomic E-state index is 0.776. The second kappa shape index (κ2) is 4.27. The van der Waals surface area contributed by atoms with E-state index in [1.54, 1.807) is 0 Å². The molecule has 1 heterocycles. The zero-order valence-electron chi connectivity index (χ0n) is 10.8. The molecule has 0 aliphatic rings. The molecule has 2 radical (unpaired) electrons. The maximum atomic E-state index is 5.91. The monoisotopic (exact) mass is 254 g/mol. The van der Waals surface area contributed by atoms with Gasteiger partial charge < -0.3 is 4.42 Å². The van der Waals surface area contributed by atoms with Crippen molar-refractivity contribution >= 4 is 35.2 Å². The summed E-state index contributed by atoms with van der Waals surface area (Å²) in [4.78, 5) is 0. The van der Waals surface area contributed by atoms with E-state index in [0.717, 1.165) is 33.0 Å². The van der Waals surface area contributed by atoms with Crippen LogP contribution in [0.1, 0.15) is 0 Å². The lowest BCUT2D eigenvalue weighted by Gasteiger charge is -2.04. The van der Waals surface area contributed by atoms with Crippen molar-refractivity contribution < 1.29 is 4.42 Å². The van der Waals surface area contributed by atoms with Crippen LogP contribution < -0.4 is 5.46 Å². The van der Waals surface area contributed by atoms with Crippen molar-refractivity contribution in [1.29, 1.82) is 0 Å². The highest BCUT2D eigenvalue weighted by molar-refractivity contribution is 6.32. The molecule has 0 bridgehead atoms. The third-order valence-corrected chi connectivity index (χ3v) is 3.62. The first-order chi connectivity index (χ1) is 9.83. The minimum absolute atomic E-state index is 0.776. The Hall–Kier alpha value is -2.48. The molecule has 1 nitrogen and oxygen atoms in total. The Morgan fingerprint density at radius 2 is 1.45 bits per heavy atom. The Bertz CT molecular complexity index is 904. The van der Waals surface area contributed by atoms with Crippen LogP contribution in [0, 0.1) is 0 Å². The molecule has 1 aromatic heterocycles. The molecule has 20 heavy (non-hydrogen) atoms. The van der Waals surface area contributed by atoms with E-state index in [9.17, 15) is 0 Å². The smallest absolute Gasteiger partial charge is 0.136 e. The van der Waals surface area contributed by atoms with E-state index in [0.29, 0.717) is 0 Å². The largest absolute Gasteiger partial charge is 0.456 e. The molecule has 0 atom stereocenters. The summed E-state index contributed by atoms with van der Waals surface area (Å²) in [6, 6.07) is 22.2. The summed E-state index contributed by atoms with van der Waals surface area (Å²) < 4.78 is 5.91. The average molecular weight is 254 g/mol. The number of benzene rings is 3. The van der Waals surface area contributed by atoms with Gasteiger partial charge in [0, 0.05) is 10.8 Å². The Morgan fingerprint density at radius 3 is 2.30 bits per heavy atom. The van der Waals surface area contributed by atoms with Crippen molar-refractivity contribution in [2.24, 2.45) is 0 Å². The van der Waals surface area contributed by atoms with Gasteiger partial charge in [0.15, 0.2) is 0 Å². The van der Waals surface area contributed by atoms with Crippen LogP contribution in [-0.2, 0) is 0 Å². The first-order valence-electron chi connectivity index (χ1n) is 6.59. The number of rotatable bonds is 1. The van der Waals surface area contributed by atoms with Crippen LogP contribution in [0.2, 0.25) is 0 Å². The molecule has 0 fully saturated rings. The first-order valence-corrected chi connectivity index (χ1v) is 6.59. The predicted molar refractivity (Wildman–Crippen MR) is 84.5 cm³/mol. The van der Waals surface area contributed by atoms with Crippen molar-refractivity contribution in [2.75, 3.05) is 0 Å². The molecule has 0 spiro atoms. The van der Waals surface area contributed by atoms with Gasteiger partial charge >= 0.3 is 0 Å².